The first-order chi connectivity index (χ1) is 29.0. The molecule has 0 amide bonds. The predicted octanol–water partition coefficient (Wildman–Crippen LogP) is 15.3. The van der Waals surface area contributed by atoms with Crippen molar-refractivity contribution in [3.05, 3.63) is 97.1 Å². The minimum Gasteiger partial charge on any atom is -0.494 e. The minimum absolute atomic E-state index is 0.222. The summed E-state index contributed by atoms with van der Waals surface area (Å²) in [5, 5.41) is 0. The van der Waals surface area contributed by atoms with Gasteiger partial charge >= 0.3 is 11.9 Å². The number of rotatable bonds is 32. The van der Waals surface area contributed by atoms with E-state index in [2.05, 4.69) is 38.1 Å². The third-order valence-electron chi connectivity index (χ3n) is 10.8. The molecule has 6 nitrogen and oxygen atoms in total. The second kappa shape index (κ2) is 29.6. The fraction of sp³-hybridized carbons (Fsp3) is 0.509. The first-order valence-corrected chi connectivity index (χ1v) is 23.1. The molecule has 0 aliphatic heterocycles. The Morgan fingerprint density at radius 3 is 0.881 bits per heavy atom. The topological polar surface area (TPSA) is 71.1 Å². The lowest BCUT2D eigenvalue weighted by molar-refractivity contribution is -0.135. The maximum Gasteiger partial charge on any atom is 0.311 e. The van der Waals surface area contributed by atoms with Gasteiger partial charge in [-0.05, 0) is 96.5 Å². The fourth-order valence-electron chi connectivity index (χ4n) is 7.20. The largest absolute Gasteiger partial charge is 0.494 e. The highest BCUT2D eigenvalue weighted by Gasteiger charge is 2.09. The molecular formula is C53H72O6. The molecule has 4 aromatic carbocycles. The Morgan fingerprint density at radius 1 is 0.322 bits per heavy atom. The molecule has 0 saturated heterocycles. The standard InChI is InChI=1S/C53H72O6/c1-3-5-7-9-11-13-18-22-42-56-48-34-26-44(27-35-48)46-30-38-50(39-31-46)58-52(54)24-20-16-15-17-21-25-53(55)59-51-40-32-47(33-41-51)45-28-36-49(37-29-45)57-43-23-19-14-12-10-8-6-4-2/h26-41H,3-25,42-43H2,1-2H3. The average molecular weight is 805 g/mol. The molecular weight excluding hydrogens is 733 g/mol. The van der Waals surface area contributed by atoms with Gasteiger partial charge in [-0.15, -0.1) is 0 Å². The van der Waals surface area contributed by atoms with Crippen LogP contribution in [0.2, 0.25) is 0 Å². The van der Waals surface area contributed by atoms with Crippen LogP contribution in [0.1, 0.15) is 162 Å². The molecule has 0 aliphatic carbocycles. The molecule has 0 heterocycles. The van der Waals surface area contributed by atoms with Crippen LogP contribution in [0.3, 0.4) is 0 Å². The quantitative estimate of drug-likeness (QED) is 0.0278. The molecule has 0 radical (unpaired) electrons. The summed E-state index contributed by atoms with van der Waals surface area (Å²) in [5.41, 5.74) is 4.32. The Kier molecular flexibility index (Phi) is 23.6. The van der Waals surface area contributed by atoms with E-state index in [1.54, 1.807) is 0 Å². The van der Waals surface area contributed by atoms with Crippen molar-refractivity contribution in [3.63, 3.8) is 0 Å². The molecule has 4 rings (SSSR count). The molecule has 0 saturated carbocycles. The molecule has 0 N–H and O–H groups in total. The smallest absolute Gasteiger partial charge is 0.311 e. The molecule has 0 unspecified atom stereocenters. The van der Waals surface area contributed by atoms with Gasteiger partial charge in [0.25, 0.3) is 0 Å². The Labute approximate surface area is 356 Å². The van der Waals surface area contributed by atoms with Crippen molar-refractivity contribution < 1.29 is 28.5 Å². The molecule has 0 atom stereocenters. The van der Waals surface area contributed by atoms with Crippen LogP contribution in [0.15, 0.2) is 97.1 Å². The van der Waals surface area contributed by atoms with Gasteiger partial charge in [0.1, 0.15) is 23.0 Å². The molecule has 4 aromatic rings. The van der Waals surface area contributed by atoms with Crippen LogP contribution >= 0.6 is 0 Å². The van der Waals surface area contributed by atoms with Crippen LogP contribution in [0.25, 0.3) is 22.3 Å². The Hall–Kier alpha value is -4.58. The SMILES string of the molecule is CCCCCCCCCCOc1ccc(-c2ccc(OC(=O)CCCCCCCC(=O)Oc3ccc(-c4ccc(OCCCCCCCCCC)cc4)cc3)cc2)cc1. The van der Waals surface area contributed by atoms with E-state index in [1.807, 2.05) is 72.8 Å². The highest BCUT2D eigenvalue weighted by atomic mass is 16.5. The van der Waals surface area contributed by atoms with E-state index in [0.29, 0.717) is 24.3 Å². The number of ether oxygens (including phenoxy) is 4. The Bertz CT molecular complexity index is 1550. The zero-order chi connectivity index (χ0) is 41.6. The molecule has 0 spiro atoms. The fourth-order valence-corrected chi connectivity index (χ4v) is 7.20. The molecule has 320 valence electrons. The zero-order valence-electron chi connectivity index (χ0n) is 36.4. The van der Waals surface area contributed by atoms with E-state index >= 15 is 0 Å². The summed E-state index contributed by atoms with van der Waals surface area (Å²) in [4.78, 5) is 24.9. The van der Waals surface area contributed by atoms with Crippen LogP contribution in [-0.4, -0.2) is 25.2 Å². The normalized spacial score (nSPS) is 11.0. The zero-order valence-corrected chi connectivity index (χ0v) is 36.4. The summed E-state index contributed by atoms with van der Waals surface area (Å²) in [6.45, 7) is 6.03. The second-order valence-corrected chi connectivity index (χ2v) is 16.0. The lowest BCUT2D eigenvalue weighted by atomic mass is 10.1. The maximum atomic E-state index is 12.5. The monoisotopic (exact) mass is 805 g/mol. The van der Waals surface area contributed by atoms with Crippen molar-refractivity contribution in [3.8, 4) is 45.3 Å². The predicted molar refractivity (Wildman–Crippen MR) is 244 cm³/mol. The molecule has 0 aromatic heterocycles. The van der Waals surface area contributed by atoms with Crippen LogP contribution in [0.4, 0.5) is 0 Å². The number of benzene rings is 4. The lowest BCUT2D eigenvalue weighted by Crippen LogP contribution is -2.08. The van der Waals surface area contributed by atoms with Gasteiger partial charge in [-0.3, -0.25) is 9.59 Å². The van der Waals surface area contributed by atoms with Gasteiger partial charge in [0.2, 0.25) is 0 Å². The summed E-state index contributed by atoms with van der Waals surface area (Å²) in [7, 11) is 0. The van der Waals surface area contributed by atoms with E-state index in [0.717, 1.165) is 91.9 Å². The summed E-state index contributed by atoms with van der Waals surface area (Å²) in [6.07, 6.45) is 25.7. The summed E-state index contributed by atoms with van der Waals surface area (Å²) in [5.74, 6) is 2.47. The molecule has 0 bridgehead atoms. The Morgan fingerprint density at radius 2 is 0.576 bits per heavy atom. The number of hydrogen-bond donors (Lipinski definition) is 0. The van der Waals surface area contributed by atoms with Crippen molar-refractivity contribution in [1.82, 2.24) is 0 Å². The first-order valence-electron chi connectivity index (χ1n) is 23.1. The number of unbranched alkanes of at least 4 members (excludes halogenated alkanes) is 18. The molecule has 6 heteroatoms. The van der Waals surface area contributed by atoms with E-state index in [9.17, 15) is 9.59 Å². The van der Waals surface area contributed by atoms with Crippen LogP contribution < -0.4 is 18.9 Å². The molecule has 0 aliphatic rings. The van der Waals surface area contributed by atoms with Crippen molar-refractivity contribution in [2.45, 2.75) is 162 Å². The molecule has 59 heavy (non-hydrogen) atoms. The van der Waals surface area contributed by atoms with Gasteiger partial charge in [-0.2, -0.15) is 0 Å². The van der Waals surface area contributed by atoms with Gasteiger partial charge in [0, 0.05) is 12.8 Å². The number of carbonyl (C=O) groups excluding carboxylic acids is 2. The third kappa shape index (κ3) is 20.3. The summed E-state index contributed by atoms with van der Waals surface area (Å²) >= 11 is 0. The maximum absolute atomic E-state index is 12.5. The van der Waals surface area contributed by atoms with Gasteiger partial charge in [0.05, 0.1) is 13.2 Å². The van der Waals surface area contributed by atoms with Gasteiger partial charge in [0.15, 0.2) is 0 Å². The van der Waals surface area contributed by atoms with E-state index in [1.165, 1.54) is 89.9 Å². The number of esters is 2. The van der Waals surface area contributed by atoms with Crippen molar-refractivity contribution in [1.29, 1.82) is 0 Å². The van der Waals surface area contributed by atoms with Crippen molar-refractivity contribution >= 4 is 11.9 Å². The average Bonchev–Trinajstić information content (AvgIpc) is 3.26. The highest BCUT2D eigenvalue weighted by molar-refractivity contribution is 5.74. The minimum atomic E-state index is -0.222. The van der Waals surface area contributed by atoms with Crippen LogP contribution in [0, 0.1) is 0 Å². The summed E-state index contributed by atoms with van der Waals surface area (Å²) < 4.78 is 23.1. The van der Waals surface area contributed by atoms with E-state index in [4.69, 9.17) is 18.9 Å². The summed E-state index contributed by atoms with van der Waals surface area (Å²) in [6, 6.07) is 31.7. The van der Waals surface area contributed by atoms with Crippen molar-refractivity contribution in [2.24, 2.45) is 0 Å². The van der Waals surface area contributed by atoms with Gasteiger partial charge in [-0.25, -0.2) is 0 Å². The van der Waals surface area contributed by atoms with E-state index < -0.39 is 0 Å². The van der Waals surface area contributed by atoms with Crippen molar-refractivity contribution in [2.75, 3.05) is 13.2 Å². The molecule has 0 fully saturated rings. The number of hydrogen-bond acceptors (Lipinski definition) is 6. The second-order valence-electron chi connectivity index (χ2n) is 16.0. The lowest BCUT2D eigenvalue weighted by Gasteiger charge is -2.09. The highest BCUT2D eigenvalue weighted by Crippen LogP contribution is 2.27. The van der Waals surface area contributed by atoms with Gasteiger partial charge < -0.3 is 18.9 Å². The van der Waals surface area contributed by atoms with Gasteiger partial charge in [-0.1, -0.05) is 172 Å². The first kappa shape index (κ1) is 47.1. The number of carbonyl (C=O) groups is 2. The Balaban J connectivity index is 1.00. The third-order valence-corrected chi connectivity index (χ3v) is 10.8. The van der Waals surface area contributed by atoms with Crippen LogP contribution in [-0.2, 0) is 9.59 Å². The van der Waals surface area contributed by atoms with Crippen LogP contribution in [0.5, 0.6) is 23.0 Å². The van der Waals surface area contributed by atoms with E-state index in [-0.39, 0.29) is 11.9 Å².